The van der Waals surface area contributed by atoms with Gasteiger partial charge in [0.2, 0.25) is 0 Å². The molecule has 0 saturated heterocycles. The first-order valence-electron chi connectivity index (χ1n) is 4.02. The Balaban J connectivity index is 2.79. The summed E-state index contributed by atoms with van der Waals surface area (Å²) >= 11 is 3.44. The number of hydrogen-bond donors (Lipinski definition) is 2. The van der Waals surface area contributed by atoms with Crippen LogP contribution in [0.3, 0.4) is 0 Å². The highest BCUT2D eigenvalue weighted by Crippen LogP contribution is 2.29. The number of benzene rings is 1. The van der Waals surface area contributed by atoms with Crippen LogP contribution in [-0.2, 0) is 12.7 Å². The molecule has 0 aliphatic carbocycles. The van der Waals surface area contributed by atoms with Gasteiger partial charge in [0.1, 0.15) is 0 Å². The number of rotatable bonds is 2. The molecule has 1 amide bonds. The summed E-state index contributed by atoms with van der Waals surface area (Å²) in [5.41, 5.74) is -0.347. The van der Waals surface area contributed by atoms with E-state index in [1.165, 1.54) is 12.1 Å². The molecule has 0 spiro atoms. The molecule has 6 heteroatoms. The highest BCUT2D eigenvalue weighted by molar-refractivity contribution is 7.96. The van der Waals surface area contributed by atoms with Crippen molar-refractivity contribution in [2.45, 2.75) is 12.7 Å². The molecule has 0 fully saturated rings. The van der Waals surface area contributed by atoms with E-state index in [1.807, 2.05) is 0 Å². The zero-order chi connectivity index (χ0) is 11.5. The lowest BCUT2D eigenvalue weighted by Crippen LogP contribution is -2.16. The molecule has 0 aliphatic rings. The molecule has 82 valence electrons. The fraction of sp³-hybridized carbons (Fsp3) is 0.222. The minimum atomic E-state index is -4.36. The highest BCUT2D eigenvalue weighted by Gasteiger charge is 2.30. The second-order valence-corrected chi connectivity index (χ2v) is 3.26. The first kappa shape index (κ1) is 11.9. The minimum Gasteiger partial charge on any atom is -0.343 e. The van der Waals surface area contributed by atoms with Crippen LogP contribution in [0.25, 0.3) is 0 Å². The van der Waals surface area contributed by atoms with Crippen LogP contribution in [0.4, 0.5) is 18.0 Å². The number of carbonyl (C=O) groups is 1. The average molecular weight is 235 g/mol. The summed E-state index contributed by atoms with van der Waals surface area (Å²) in [6, 6.07) is 4.76. The van der Waals surface area contributed by atoms with Gasteiger partial charge in [0.25, 0.3) is 5.24 Å². The molecule has 0 aromatic heterocycles. The van der Waals surface area contributed by atoms with Crippen LogP contribution < -0.4 is 5.32 Å². The van der Waals surface area contributed by atoms with Crippen molar-refractivity contribution in [1.29, 1.82) is 0 Å². The topological polar surface area (TPSA) is 29.1 Å². The van der Waals surface area contributed by atoms with E-state index in [2.05, 4.69) is 17.9 Å². The quantitative estimate of drug-likeness (QED) is 0.758. The van der Waals surface area contributed by atoms with Crippen molar-refractivity contribution in [3.63, 3.8) is 0 Å². The average Bonchev–Trinajstić information content (AvgIpc) is 2.14. The molecule has 0 aliphatic heterocycles. The lowest BCUT2D eigenvalue weighted by molar-refractivity contribution is -0.137. The van der Waals surface area contributed by atoms with E-state index in [9.17, 15) is 18.0 Å². The summed E-state index contributed by atoms with van der Waals surface area (Å²) in [6.45, 7) is 0.0340. The third-order valence-corrected chi connectivity index (χ3v) is 1.86. The largest absolute Gasteiger partial charge is 0.416 e. The van der Waals surface area contributed by atoms with Crippen molar-refractivity contribution in [2.75, 3.05) is 0 Å². The van der Waals surface area contributed by atoms with E-state index >= 15 is 0 Å². The standard InChI is InChI=1S/C9H8F3NOS/c10-9(11,12)7-3-1-2-6(4-7)5-13-8(14)15/h1-4H,5H2,(H2,13,14,15). The van der Waals surface area contributed by atoms with Gasteiger partial charge in [0.05, 0.1) is 5.56 Å². The van der Waals surface area contributed by atoms with Gasteiger partial charge in [-0.05, 0) is 17.7 Å². The van der Waals surface area contributed by atoms with E-state index in [1.54, 1.807) is 0 Å². The minimum absolute atomic E-state index is 0.0340. The molecule has 2 nitrogen and oxygen atoms in total. The molecule has 1 N–H and O–H groups in total. The summed E-state index contributed by atoms with van der Waals surface area (Å²) in [5, 5.41) is 1.72. The van der Waals surface area contributed by atoms with Crippen molar-refractivity contribution in [2.24, 2.45) is 0 Å². The zero-order valence-electron chi connectivity index (χ0n) is 7.51. The van der Waals surface area contributed by atoms with Crippen molar-refractivity contribution in [3.8, 4) is 0 Å². The monoisotopic (exact) mass is 235 g/mol. The molecular formula is C9H8F3NOS. The van der Waals surface area contributed by atoms with Crippen molar-refractivity contribution in [3.05, 3.63) is 35.4 Å². The van der Waals surface area contributed by atoms with Gasteiger partial charge in [-0.25, -0.2) is 0 Å². The molecule has 0 atom stereocenters. The van der Waals surface area contributed by atoms with Crippen LogP contribution in [0.15, 0.2) is 24.3 Å². The van der Waals surface area contributed by atoms with Crippen LogP contribution in [0.2, 0.25) is 0 Å². The molecule has 0 radical (unpaired) electrons. The first-order valence-corrected chi connectivity index (χ1v) is 4.47. The maximum atomic E-state index is 12.3. The summed E-state index contributed by atoms with van der Waals surface area (Å²) < 4.78 is 36.8. The fourth-order valence-electron chi connectivity index (χ4n) is 1.04. The van der Waals surface area contributed by atoms with Crippen LogP contribution in [-0.4, -0.2) is 5.24 Å². The second kappa shape index (κ2) is 4.57. The number of halogens is 3. The summed E-state index contributed by atoms with van der Waals surface area (Å²) in [4.78, 5) is 10.4. The SMILES string of the molecule is O=C(S)NCc1cccc(C(F)(F)F)c1. The highest BCUT2D eigenvalue weighted by atomic mass is 32.1. The first-order chi connectivity index (χ1) is 6.89. The number of amides is 1. The van der Waals surface area contributed by atoms with Gasteiger partial charge in [-0.1, -0.05) is 24.8 Å². The zero-order valence-corrected chi connectivity index (χ0v) is 8.40. The Morgan fingerprint density at radius 3 is 2.60 bits per heavy atom. The van der Waals surface area contributed by atoms with Gasteiger partial charge in [0.15, 0.2) is 0 Å². The lowest BCUT2D eigenvalue weighted by atomic mass is 10.1. The van der Waals surface area contributed by atoms with Crippen molar-refractivity contribution in [1.82, 2.24) is 5.32 Å². The Labute approximate surface area is 89.9 Å². The Morgan fingerprint density at radius 2 is 2.07 bits per heavy atom. The van der Waals surface area contributed by atoms with Gasteiger partial charge >= 0.3 is 6.18 Å². The fourth-order valence-corrected chi connectivity index (χ4v) is 1.11. The Kier molecular flexibility index (Phi) is 3.62. The smallest absolute Gasteiger partial charge is 0.343 e. The third kappa shape index (κ3) is 3.83. The van der Waals surface area contributed by atoms with Gasteiger partial charge in [-0.2, -0.15) is 13.2 Å². The molecule has 0 bridgehead atoms. The summed E-state index contributed by atoms with van der Waals surface area (Å²) in [5.74, 6) is 0. The molecule has 1 rings (SSSR count). The Morgan fingerprint density at radius 1 is 1.40 bits per heavy atom. The van der Waals surface area contributed by atoms with Gasteiger partial charge in [0, 0.05) is 6.54 Å². The van der Waals surface area contributed by atoms with Crippen LogP contribution in [0.1, 0.15) is 11.1 Å². The van der Waals surface area contributed by atoms with E-state index in [-0.39, 0.29) is 6.54 Å². The number of alkyl halides is 3. The van der Waals surface area contributed by atoms with E-state index in [0.717, 1.165) is 12.1 Å². The Hall–Kier alpha value is -1.17. The van der Waals surface area contributed by atoms with Crippen molar-refractivity contribution >= 4 is 17.9 Å². The normalized spacial score (nSPS) is 11.2. The number of carbonyl (C=O) groups excluding carboxylic acids is 1. The predicted octanol–water partition coefficient (Wildman–Crippen LogP) is 2.84. The summed E-state index contributed by atoms with van der Waals surface area (Å²) in [7, 11) is 0. The van der Waals surface area contributed by atoms with E-state index in [0.29, 0.717) is 5.56 Å². The van der Waals surface area contributed by atoms with Crippen LogP contribution in [0.5, 0.6) is 0 Å². The molecule has 1 aromatic carbocycles. The molecular weight excluding hydrogens is 227 g/mol. The van der Waals surface area contributed by atoms with E-state index < -0.39 is 17.0 Å². The maximum absolute atomic E-state index is 12.3. The molecule has 1 aromatic rings. The van der Waals surface area contributed by atoms with Gasteiger partial charge in [-0.15, -0.1) is 0 Å². The number of thiol groups is 1. The number of hydrogen-bond acceptors (Lipinski definition) is 1. The van der Waals surface area contributed by atoms with Crippen molar-refractivity contribution < 1.29 is 18.0 Å². The molecule has 0 unspecified atom stereocenters. The predicted molar refractivity (Wildman–Crippen MR) is 52.7 cm³/mol. The molecule has 0 heterocycles. The van der Waals surface area contributed by atoms with Gasteiger partial charge < -0.3 is 5.32 Å². The van der Waals surface area contributed by atoms with E-state index in [4.69, 9.17) is 0 Å². The van der Waals surface area contributed by atoms with Crippen LogP contribution >= 0.6 is 12.6 Å². The maximum Gasteiger partial charge on any atom is 0.416 e. The molecule has 0 saturated carbocycles. The molecule has 15 heavy (non-hydrogen) atoms. The Bertz CT molecular complexity index is 365. The van der Waals surface area contributed by atoms with Crippen LogP contribution in [0, 0.1) is 0 Å². The number of nitrogens with one attached hydrogen (secondary N) is 1. The third-order valence-electron chi connectivity index (χ3n) is 1.70. The van der Waals surface area contributed by atoms with Gasteiger partial charge in [-0.3, -0.25) is 4.79 Å². The second-order valence-electron chi connectivity index (χ2n) is 2.86. The lowest BCUT2D eigenvalue weighted by Gasteiger charge is -2.08. The summed E-state index contributed by atoms with van der Waals surface area (Å²) in [6.07, 6.45) is -4.36.